The number of nitrogens with one attached hydrogen (secondary N) is 1. The van der Waals surface area contributed by atoms with Gasteiger partial charge in [0.1, 0.15) is 0 Å². The number of primary amides is 1. The second kappa shape index (κ2) is 7.77. The van der Waals surface area contributed by atoms with Crippen LogP contribution in [0.1, 0.15) is 32.1 Å². The molecule has 2 atom stereocenters. The number of carbonyl (C=O) groups is 2. The maximum atomic E-state index is 13.3. The van der Waals surface area contributed by atoms with Crippen LogP contribution in [-0.2, 0) is 9.59 Å². The van der Waals surface area contributed by atoms with Gasteiger partial charge in [-0.1, -0.05) is 25.0 Å². The first-order valence-electron chi connectivity index (χ1n) is 7.54. The molecule has 120 valence electrons. The lowest BCUT2D eigenvalue weighted by Gasteiger charge is -2.29. The molecule has 0 bridgehead atoms. The number of ether oxygens (including phenoxy) is 1. The number of rotatable bonds is 6. The summed E-state index contributed by atoms with van der Waals surface area (Å²) in [5.74, 6) is -1.21. The molecule has 0 saturated heterocycles. The van der Waals surface area contributed by atoms with Crippen LogP contribution in [0.4, 0.5) is 4.39 Å². The van der Waals surface area contributed by atoms with Crippen LogP contribution >= 0.6 is 0 Å². The highest BCUT2D eigenvalue weighted by Crippen LogP contribution is 2.24. The van der Waals surface area contributed by atoms with E-state index in [4.69, 9.17) is 10.5 Å². The van der Waals surface area contributed by atoms with Crippen LogP contribution < -0.4 is 15.8 Å². The van der Waals surface area contributed by atoms with Crippen molar-refractivity contribution in [2.45, 2.75) is 38.1 Å². The number of carbonyl (C=O) groups excluding carboxylic acids is 2. The van der Waals surface area contributed by atoms with Gasteiger partial charge in [0.2, 0.25) is 11.8 Å². The molecule has 3 N–H and O–H groups in total. The van der Waals surface area contributed by atoms with Crippen LogP contribution in [0.25, 0.3) is 0 Å². The van der Waals surface area contributed by atoms with E-state index in [1.165, 1.54) is 12.1 Å². The van der Waals surface area contributed by atoms with E-state index in [0.717, 1.165) is 19.3 Å². The van der Waals surface area contributed by atoms with Crippen molar-refractivity contribution in [3.8, 4) is 5.75 Å². The molecule has 5 nitrogen and oxygen atoms in total. The average Bonchev–Trinajstić information content (AvgIpc) is 2.49. The van der Waals surface area contributed by atoms with Crippen LogP contribution in [0, 0.1) is 11.7 Å². The molecule has 0 aliphatic heterocycles. The minimum Gasteiger partial charge on any atom is -0.490 e. The van der Waals surface area contributed by atoms with E-state index in [1.54, 1.807) is 12.1 Å². The van der Waals surface area contributed by atoms with Crippen molar-refractivity contribution in [1.82, 2.24) is 5.32 Å². The zero-order valence-corrected chi connectivity index (χ0v) is 12.4. The number of benzene rings is 1. The van der Waals surface area contributed by atoms with Crippen LogP contribution in [-0.4, -0.2) is 24.5 Å². The summed E-state index contributed by atoms with van der Waals surface area (Å²) in [6.07, 6.45) is 3.51. The van der Waals surface area contributed by atoms with Crippen molar-refractivity contribution in [3.63, 3.8) is 0 Å². The predicted octanol–water partition coefficient (Wildman–Crippen LogP) is 1.75. The van der Waals surface area contributed by atoms with Gasteiger partial charge < -0.3 is 15.8 Å². The van der Waals surface area contributed by atoms with E-state index in [0.29, 0.717) is 6.42 Å². The molecule has 1 aromatic carbocycles. The highest BCUT2D eigenvalue weighted by atomic mass is 19.1. The summed E-state index contributed by atoms with van der Waals surface area (Å²) in [5, 5.41) is 2.84. The molecule has 0 aromatic heterocycles. The molecule has 1 aromatic rings. The molecule has 0 radical (unpaired) electrons. The number of nitrogens with two attached hydrogens (primary N) is 1. The Morgan fingerprint density at radius 1 is 1.27 bits per heavy atom. The fourth-order valence-electron chi connectivity index (χ4n) is 2.74. The number of para-hydroxylation sites is 1. The Kier molecular flexibility index (Phi) is 5.75. The van der Waals surface area contributed by atoms with Gasteiger partial charge in [-0.2, -0.15) is 0 Å². The molecule has 1 fully saturated rings. The van der Waals surface area contributed by atoms with Gasteiger partial charge in [-0.15, -0.1) is 0 Å². The maximum absolute atomic E-state index is 13.3. The first-order chi connectivity index (χ1) is 10.6. The summed E-state index contributed by atoms with van der Waals surface area (Å²) in [6, 6.07) is 5.85. The van der Waals surface area contributed by atoms with Gasteiger partial charge in [0.05, 0.1) is 18.9 Å². The van der Waals surface area contributed by atoms with Crippen LogP contribution in [0.15, 0.2) is 24.3 Å². The second-order valence-electron chi connectivity index (χ2n) is 5.50. The molecule has 1 saturated carbocycles. The highest BCUT2D eigenvalue weighted by Gasteiger charge is 2.30. The minimum atomic E-state index is -0.455. The molecule has 0 heterocycles. The fourth-order valence-corrected chi connectivity index (χ4v) is 2.74. The van der Waals surface area contributed by atoms with Gasteiger partial charge in [0.25, 0.3) is 0 Å². The van der Waals surface area contributed by atoms with Gasteiger partial charge in [0.15, 0.2) is 11.6 Å². The lowest BCUT2D eigenvalue weighted by molar-refractivity contribution is -0.126. The van der Waals surface area contributed by atoms with Crippen LogP contribution in [0.2, 0.25) is 0 Å². The summed E-state index contributed by atoms with van der Waals surface area (Å²) in [6.45, 7) is 0.0841. The van der Waals surface area contributed by atoms with Gasteiger partial charge in [-0.25, -0.2) is 4.39 Å². The predicted molar refractivity (Wildman–Crippen MR) is 79.6 cm³/mol. The Morgan fingerprint density at radius 3 is 2.73 bits per heavy atom. The molecule has 0 spiro atoms. The third-order valence-electron chi connectivity index (χ3n) is 3.90. The Balaban J connectivity index is 1.78. The smallest absolute Gasteiger partial charge is 0.223 e. The van der Waals surface area contributed by atoms with E-state index in [-0.39, 0.29) is 42.6 Å². The van der Waals surface area contributed by atoms with Crippen molar-refractivity contribution in [2.24, 2.45) is 11.7 Å². The molecule has 22 heavy (non-hydrogen) atoms. The summed E-state index contributed by atoms with van der Waals surface area (Å²) in [4.78, 5) is 23.3. The van der Waals surface area contributed by atoms with Gasteiger partial charge in [0, 0.05) is 6.04 Å². The lowest BCUT2D eigenvalue weighted by atomic mass is 9.84. The monoisotopic (exact) mass is 308 g/mol. The van der Waals surface area contributed by atoms with Crippen molar-refractivity contribution in [1.29, 1.82) is 0 Å². The fraction of sp³-hybridized carbons (Fsp3) is 0.500. The molecule has 1 aliphatic carbocycles. The molecule has 2 amide bonds. The number of hydrogen-bond donors (Lipinski definition) is 2. The Labute approximate surface area is 129 Å². The summed E-state index contributed by atoms with van der Waals surface area (Å²) in [7, 11) is 0. The molecule has 2 rings (SSSR count). The lowest BCUT2D eigenvalue weighted by Crippen LogP contribution is -2.47. The van der Waals surface area contributed by atoms with Crippen molar-refractivity contribution >= 4 is 11.8 Å². The Hall–Kier alpha value is -2.11. The largest absolute Gasteiger partial charge is 0.490 e. The van der Waals surface area contributed by atoms with Crippen LogP contribution in [0.3, 0.4) is 0 Å². The zero-order chi connectivity index (χ0) is 15.9. The highest BCUT2D eigenvalue weighted by molar-refractivity contribution is 5.80. The third kappa shape index (κ3) is 4.44. The SMILES string of the molecule is NC(=O)C1CCCCC1NC(=O)CCOc1ccccc1F. The quantitative estimate of drug-likeness (QED) is 0.840. The molecule has 6 heteroatoms. The number of amides is 2. The second-order valence-corrected chi connectivity index (χ2v) is 5.50. The summed E-state index contributed by atoms with van der Waals surface area (Å²) in [5.41, 5.74) is 5.37. The van der Waals surface area contributed by atoms with E-state index in [1.807, 2.05) is 0 Å². The maximum Gasteiger partial charge on any atom is 0.223 e. The molecular formula is C16H21FN2O3. The van der Waals surface area contributed by atoms with Gasteiger partial charge in [-0.3, -0.25) is 9.59 Å². The Bertz CT molecular complexity index is 536. The van der Waals surface area contributed by atoms with Crippen molar-refractivity contribution in [2.75, 3.05) is 6.61 Å². The molecular weight excluding hydrogens is 287 g/mol. The van der Waals surface area contributed by atoms with Gasteiger partial charge >= 0.3 is 0 Å². The topological polar surface area (TPSA) is 81.4 Å². The standard InChI is InChI=1S/C16H21FN2O3/c17-12-6-2-4-8-14(12)22-10-9-15(20)19-13-7-3-1-5-11(13)16(18)21/h2,4,6,8,11,13H,1,3,5,7,9-10H2,(H2,18,21)(H,19,20). The van der Waals surface area contributed by atoms with Crippen molar-refractivity contribution < 1.29 is 18.7 Å². The van der Waals surface area contributed by atoms with Crippen LogP contribution in [0.5, 0.6) is 5.75 Å². The first-order valence-corrected chi connectivity index (χ1v) is 7.54. The Morgan fingerprint density at radius 2 is 2.00 bits per heavy atom. The minimum absolute atomic E-state index is 0.0841. The van der Waals surface area contributed by atoms with E-state index < -0.39 is 5.82 Å². The van der Waals surface area contributed by atoms with Crippen molar-refractivity contribution in [3.05, 3.63) is 30.1 Å². The van der Waals surface area contributed by atoms with E-state index in [9.17, 15) is 14.0 Å². The first kappa shape index (κ1) is 16.3. The van der Waals surface area contributed by atoms with Gasteiger partial charge in [-0.05, 0) is 25.0 Å². The number of hydrogen-bond acceptors (Lipinski definition) is 3. The summed E-state index contributed by atoms with van der Waals surface area (Å²) < 4.78 is 18.6. The zero-order valence-electron chi connectivity index (χ0n) is 12.4. The molecule has 1 aliphatic rings. The average molecular weight is 308 g/mol. The van der Waals surface area contributed by atoms with E-state index >= 15 is 0 Å². The normalized spacial score (nSPS) is 21.1. The molecule has 2 unspecified atom stereocenters. The summed E-state index contributed by atoms with van der Waals surface area (Å²) >= 11 is 0. The third-order valence-corrected chi connectivity index (χ3v) is 3.90. The number of halogens is 1. The van der Waals surface area contributed by atoms with E-state index in [2.05, 4.69) is 5.32 Å².